The minimum absolute atomic E-state index is 0.0216. The van der Waals surface area contributed by atoms with Gasteiger partial charge in [0.1, 0.15) is 6.04 Å². The van der Waals surface area contributed by atoms with Crippen LogP contribution >= 0.6 is 0 Å². The van der Waals surface area contributed by atoms with Gasteiger partial charge in [0.15, 0.2) is 0 Å². The van der Waals surface area contributed by atoms with E-state index in [1.807, 2.05) is 20.8 Å². The third-order valence-corrected chi connectivity index (χ3v) is 2.06. The van der Waals surface area contributed by atoms with Crippen LogP contribution in [0.5, 0.6) is 0 Å². The van der Waals surface area contributed by atoms with E-state index in [9.17, 15) is 9.59 Å². The number of amides is 1. The van der Waals surface area contributed by atoms with Gasteiger partial charge in [-0.3, -0.25) is 4.79 Å². The van der Waals surface area contributed by atoms with Crippen LogP contribution in [0.15, 0.2) is 0 Å². The normalized spacial score (nSPS) is 13.2. The van der Waals surface area contributed by atoms with Gasteiger partial charge in [-0.15, -0.1) is 0 Å². The van der Waals surface area contributed by atoms with Crippen LogP contribution in [0.2, 0.25) is 0 Å². The number of hydrogen-bond acceptors (Lipinski definition) is 4. The zero-order valence-electron chi connectivity index (χ0n) is 10.6. The number of aliphatic hydroxyl groups excluding tert-OH is 1. The van der Waals surface area contributed by atoms with Gasteiger partial charge in [-0.25, -0.2) is 4.79 Å². The summed E-state index contributed by atoms with van der Waals surface area (Å²) in [6, 6.07) is -1.01. The number of aliphatic carboxylic acids is 1. The molecule has 0 saturated carbocycles. The molecule has 6 nitrogen and oxygen atoms in total. The molecule has 0 aromatic heterocycles. The molecule has 0 radical (unpaired) electrons. The quantitative estimate of drug-likeness (QED) is 0.495. The molecular weight excluding hydrogens is 224 g/mol. The molecule has 0 aliphatic rings. The molecule has 0 aliphatic heterocycles. The number of aliphatic hydroxyl groups is 1. The van der Waals surface area contributed by atoms with Gasteiger partial charge in [-0.1, -0.05) is 0 Å². The lowest BCUT2D eigenvalue weighted by Crippen LogP contribution is -2.43. The van der Waals surface area contributed by atoms with Gasteiger partial charge in [0.05, 0.1) is 0 Å². The first-order valence-electron chi connectivity index (χ1n) is 5.64. The average Bonchev–Trinajstić information content (AvgIpc) is 2.14. The Balaban J connectivity index is 3.95. The largest absolute Gasteiger partial charge is 0.480 e. The summed E-state index contributed by atoms with van der Waals surface area (Å²) in [5.74, 6) is -1.46. The van der Waals surface area contributed by atoms with E-state index in [0.29, 0.717) is 6.54 Å². The third-order valence-electron chi connectivity index (χ3n) is 2.06. The van der Waals surface area contributed by atoms with Crippen LogP contribution < -0.4 is 10.6 Å². The topological polar surface area (TPSA) is 98.7 Å². The minimum atomic E-state index is -1.13. The van der Waals surface area contributed by atoms with Gasteiger partial charge >= 0.3 is 5.97 Å². The third kappa shape index (κ3) is 8.65. The molecule has 0 aliphatic carbocycles. The second-order valence-electron chi connectivity index (χ2n) is 4.90. The first-order chi connectivity index (χ1) is 7.76. The number of carbonyl (C=O) groups is 2. The van der Waals surface area contributed by atoms with Gasteiger partial charge in [0.2, 0.25) is 5.91 Å². The molecule has 1 atom stereocenters. The van der Waals surface area contributed by atoms with E-state index in [1.165, 1.54) is 0 Å². The van der Waals surface area contributed by atoms with Crippen LogP contribution in [0.25, 0.3) is 0 Å². The van der Waals surface area contributed by atoms with Crippen LogP contribution in [0.3, 0.4) is 0 Å². The van der Waals surface area contributed by atoms with Gasteiger partial charge < -0.3 is 20.8 Å². The van der Waals surface area contributed by atoms with E-state index in [0.717, 1.165) is 0 Å². The molecule has 6 heteroatoms. The monoisotopic (exact) mass is 246 g/mol. The maximum Gasteiger partial charge on any atom is 0.326 e. The van der Waals surface area contributed by atoms with Crippen molar-refractivity contribution in [2.24, 2.45) is 0 Å². The highest BCUT2D eigenvalue weighted by molar-refractivity contribution is 5.83. The minimum Gasteiger partial charge on any atom is -0.480 e. The van der Waals surface area contributed by atoms with Crippen molar-refractivity contribution < 1.29 is 19.8 Å². The smallest absolute Gasteiger partial charge is 0.326 e. The van der Waals surface area contributed by atoms with E-state index >= 15 is 0 Å². The molecule has 0 bridgehead atoms. The van der Waals surface area contributed by atoms with Crippen molar-refractivity contribution in [1.82, 2.24) is 10.6 Å². The maximum absolute atomic E-state index is 11.4. The van der Waals surface area contributed by atoms with E-state index in [4.69, 9.17) is 10.2 Å². The van der Waals surface area contributed by atoms with Crippen LogP contribution in [-0.2, 0) is 9.59 Å². The molecule has 100 valence electrons. The van der Waals surface area contributed by atoms with Crippen molar-refractivity contribution in [3.63, 3.8) is 0 Å². The molecule has 0 saturated heterocycles. The summed E-state index contributed by atoms with van der Waals surface area (Å²) in [6.07, 6.45) is 0.236. The van der Waals surface area contributed by atoms with Crippen molar-refractivity contribution in [2.45, 2.75) is 45.2 Å². The summed E-state index contributed by atoms with van der Waals surface area (Å²) in [5.41, 5.74) is -0.0718. The molecule has 0 spiro atoms. The molecule has 1 unspecified atom stereocenters. The number of carboxylic acids is 1. The van der Waals surface area contributed by atoms with Gasteiger partial charge in [0.25, 0.3) is 0 Å². The van der Waals surface area contributed by atoms with Crippen molar-refractivity contribution in [3.05, 3.63) is 0 Å². The van der Waals surface area contributed by atoms with Crippen LogP contribution in [0, 0.1) is 0 Å². The number of carboxylic acid groups (broad SMARTS) is 1. The molecule has 0 heterocycles. The van der Waals surface area contributed by atoms with Crippen LogP contribution in [0.1, 0.15) is 33.6 Å². The Hall–Kier alpha value is -1.14. The maximum atomic E-state index is 11.4. The second kappa shape index (κ2) is 7.24. The second-order valence-corrected chi connectivity index (χ2v) is 4.90. The first kappa shape index (κ1) is 15.9. The highest BCUT2D eigenvalue weighted by atomic mass is 16.4. The van der Waals surface area contributed by atoms with E-state index in [1.54, 1.807) is 0 Å². The molecule has 0 aromatic rings. The van der Waals surface area contributed by atoms with Gasteiger partial charge in [-0.2, -0.15) is 0 Å². The molecule has 0 aromatic carbocycles. The zero-order valence-corrected chi connectivity index (χ0v) is 10.6. The van der Waals surface area contributed by atoms with Crippen LogP contribution in [-0.4, -0.2) is 46.8 Å². The lowest BCUT2D eigenvalue weighted by molar-refractivity contribution is -0.142. The number of carbonyl (C=O) groups excluding carboxylic acids is 1. The lowest BCUT2D eigenvalue weighted by atomic mass is 10.1. The summed E-state index contributed by atoms with van der Waals surface area (Å²) >= 11 is 0. The molecule has 4 N–H and O–H groups in total. The summed E-state index contributed by atoms with van der Waals surface area (Å²) < 4.78 is 0. The highest BCUT2D eigenvalue weighted by Gasteiger charge is 2.19. The Morgan fingerprint density at radius 3 is 2.29 bits per heavy atom. The Morgan fingerprint density at radius 2 is 1.88 bits per heavy atom. The predicted molar refractivity (Wildman–Crippen MR) is 63.6 cm³/mol. The van der Waals surface area contributed by atoms with E-state index in [-0.39, 0.29) is 30.9 Å². The van der Waals surface area contributed by atoms with Crippen molar-refractivity contribution >= 4 is 11.9 Å². The summed E-state index contributed by atoms with van der Waals surface area (Å²) in [6.45, 7) is 6.17. The fraction of sp³-hybridized carbons (Fsp3) is 0.818. The van der Waals surface area contributed by atoms with Crippen molar-refractivity contribution in [2.75, 3.05) is 13.2 Å². The van der Waals surface area contributed by atoms with Gasteiger partial charge in [-0.05, 0) is 20.8 Å². The standard InChI is InChI=1S/C11H22N2O4/c1-11(2,3)12-6-4-9(15)13-8(5-7-14)10(16)17/h8,12,14H,4-7H2,1-3H3,(H,13,15)(H,16,17). The molecule has 1 amide bonds. The first-order valence-corrected chi connectivity index (χ1v) is 5.64. The zero-order chi connectivity index (χ0) is 13.5. The Bertz CT molecular complexity index is 261. The lowest BCUT2D eigenvalue weighted by Gasteiger charge is -2.20. The Morgan fingerprint density at radius 1 is 1.29 bits per heavy atom. The summed E-state index contributed by atoms with van der Waals surface area (Å²) in [5, 5.41) is 22.9. The Labute approximate surface area is 101 Å². The average molecular weight is 246 g/mol. The summed E-state index contributed by atoms with van der Waals surface area (Å²) in [4.78, 5) is 22.1. The summed E-state index contributed by atoms with van der Waals surface area (Å²) in [7, 11) is 0. The number of hydrogen-bond donors (Lipinski definition) is 4. The SMILES string of the molecule is CC(C)(C)NCCC(=O)NC(CCO)C(=O)O. The molecule has 17 heavy (non-hydrogen) atoms. The van der Waals surface area contributed by atoms with Crippen molar-refractivity contribution in [1.29, 1.82) is 0 Å². The van der Waals surface area contributed by atoms with E-state index < -0.39 is 12.0 Å². The highest BCUT2D eigenvalue weighted by Crippen LogP contribution is 1.98. The number of nitrogens with one attached hydrogen (secondary N) is 2. The molecule has 0 rings (SSSR count). The van der Waals surface area contributed by atoms with Gasteiger partial charge in [0, 0.05) is 31.5 Å². The fourth-order valence-electron chi connectivity index (χ4n) is 1.20. The number of rotatable bonds is 7. The fourth-order valence-corrected chi connectivity index (χ4v) is 1.20. The van der Waals surface area contributed by atoms with E-state index in [2.05, 4.69) is 10.6 Å². The Kier molecular flexibility index (Phi) is 6.75. The predicted octanol–water partition coefficient (Wildman–Crippen LogP) is -0.284. The van der Waals surface area contributed by atoms with Crippen molar-refractivity contribution in [3.8, 4) is 0 Å². The molecular formula is C11H22N2O4. The van der Waals surface area contributed by atoms with Crippen LogP contribution in [0.4, 0.5) is 0 Å². The molecule has 0 fully saturated rings.